The number of nitrogens with one attached hydrogen (secondary N) is 2. The molecule has 1 saturated heterocycles. The van der Waals surface area contributed by atoms with Crippen molar-refractivity contribution in [2.24, 2.45) is 0 Å². The number of rotatable bonds is 9. The van der Waals surface area contributed by atoms with Crippen LogP contribution in [0.15, 0.2) is 55.4 Å². The predicted molar refractivity (Wildman–Crippen MR) is 134 cm³/mol. The van der Waals surface area contributed by atoms with E-state index < -0.39 is 0 Å². The minimum atomic E-state index is -0.223. The van der Waals surface area contributed by atoms with E-state index in [4.69, 9.17) is 0 Å². The van der Waals surface area contributed by atoms with Gasteiger partial charge in [0.05, 0.1) is 23.1 Å². The van der Waals surface area contributed by atoms with Crippen LogP contribution in [0.25, 0.3) is 5.52 Å². The number of aryl methyl sites for hydroxylation is 1. The summed E-state index contributed by atoms with van der Waals surface area (Å²) >= 11 is 0. The van der Waals surface area contributed by atoms with Crippen LogP contribution in [-0.2, 0) is 17.8 Å². The first-order valence-corrected chi connectivity index (χ1v) is 11.8. The van der Waals surface area contributed by atoms with Gasteiger partial charge in [0.15, 0.2) is 0 Å². The molecule has 0 aliphatic carbocycles. The highest BCUT2D eigenvalue weighted by Crippen LogP contribution is 2.37. The maximum Gasteiger partial charge on any atom is 0.247 e. The Labute approximate surface area is 195 Å². The molecule has 1 aliphatic rings. The number of aliphatic hydroxyl groups excluding tert-OH is 1. The van der Waals surface area contributed by atoms with Crippen LogP contribution in [0, 0.1) is 0 Å². The van der Waals surface area contributed by atoms with Gasteiger partial charge in [0.25, 0.3) is 0 Å². The van der Waals surface area contributed by atoms with Crippen LogP contribution in [0.2, 0.25) is 0 Å². The largest absolute Gasteiger partial charge is 0.396 e. The Balaban J connectivity index is 1.69. The lowest BCUT2D eigenvalue weighted by Crippen LogP contribution is -2.40. The van der Waals surface area contributed by atoms with Crippen LogP contribution in [0.1, 0.15) is 43.7 Å². The molecule has 1 aliphatic heterocycles. The van der Waals surface area contributed by atoms with Gasteiger partial charge in [-0.2, -0.15) is 5.10 Å². The number of nitrogens with zero attached hydrogens (tertiary/aromatic N) is 3. The normalized spacial score (nSPS) is 16.1. The zero-order chi connectivity index (χ0) is 23.2. The second kappa shape index (κ2) is 10.5. The molecule has 4 rings (SSSR count). The molecule has 0 bridgehead atoms. The Bertz CT molecular complexity index is 1120. The van der Waals surface area contributed by atoms with Crippen molar-refractivity contribution in [1.82, 2.24) is 9.61 Å². The third kappa shape index (κ3) is 5.03. The van der Waals surface area contributed by atoms with Gasteiger partial charge in [0.1, 0.15) is 0 Å². The molecule has 0 radical (unpaired) electrons. The van der Waals surface area contributed by atoms with Crippen molar-refractivity contribution in [1.29, 1.82) is 0 Å². The fourth-order valence-corrected chi connectivity index (χ4v) is 4.71. The summed E-state index contributed by atoms with van der Waals surface area (Å²) in [5.74, 6) is -0.223. The number of piperidine rings is 1. The quantitative estimate of drug-likeness (QED) is 0.424. The topological polar surface area (TPSA) is 81.9 Å². The monoisotopic (exact) mass is 447 g/mol. The highest BCUT2D eigenvalue weighted by Gasteiger charge is 2.26. The maximum absolute atomic E-state index is 11.7. The van der Waals surface area contributed by atoms with Gasteiger partial charge in [-0.1, -0.05) is 25.6 Å². The van der Waals surface area contributed by atoms with E-state index in [2.05, 4.69) is 40.2 Å². The third-order valence-corrected chi connectivity index (χ3v) is 6.37. The average Bonchev–Trinajstić information content (AvgIpc) is 3.27. The van der Waals surface area contributed by atoms with E-state index in [1.807, 2.05) is 41.2 Å². The molecule has 1 fully saturated rings. The zero-order valence-electron chi connectivity index (χ0n) is 19.3. The number of hydrogen-bond donors (Lipinski definition) is 3. The van der Waals surface area contributed by atoms with Crippen molar-refractivity contribution in [3.8, 4) is 0 Å². The number of carbonyl (C=O) groups is 1. The van der Waals surface area contributed by atoms with Gasteiger partial charge in [-0.05, 0) is 67.5 Å². The molecule has 33 heavy (non-hydrogen) atoms. The summed E-state index contributed by atoms with van der Waals surface area (Å²) in [5, 5.41) is 20.7. The van der Waals surface area contributed by atoms with Gasteiger partial charge in [0, 0.05) is 37.6 Å². The van der Waals surface area contributed by atoms with Gasteiger partial charge in [-0.25, -0.2) is 4.52 Å². The summed E-state index contributed by atoms with van der Waals surface area (Å²) in [6.07, 6.45) is 10.4. The molecule has 1 atom stereocenters. The molecule has 3 N–H and O–H groups in total. The SMILES string of the molecule is C=CC(=O)Nc1cccc(CNc2c(N3CCCC[C@H]3CCO)ccn3ncc(CC)c23)c1. The number of amides is 1. The summed E-state index contributed by atoms with van der Waals surface area (Å²) in [6, 6.07) is 10.3. The second-order valence-corrected chi connectivity index (χ2v) is 8.50. The standard InChI is InChI=1S/C26H33N5O2/c1-3-20-18-28-31-14-11-23(30-13-6-5-10-22(30)12-15-32)25(26(20)31)27-17-19-8-7-9-21(16-19)29-24(33)4-2/h4,7-9,11,14,16,18,22,27,32H,2-3,5-6,10,12-13,15,17H2,1H3,(H,29,33)/t22-/m0/s1. The number of aromatic nitrogens is 2. The summed E-state index contributed by atoms with van der Waals surface area (Å²) in [7, 11) is 0. The number of pyridine rings is 1. The molecular formula is C26H33N5O2. The first-order chi connectivity index (χ1) is 16.1. The van der Waals surface area contributed by atoms with Crippen LogP contribution in [-0.4, -0.2) is 39.8 Å². The highest BCUT2D eigenvalue weighted by molar-refractivity contribution is 5.98. The molecule has 0 unspecified atom stereocenters. The molecule has 0 spiro atoms. The molecule has 0 saturated carbocycles. The minimum absolute atomic E-state index is 0.197. The summed E-state index contributed by atoms with van der Waals surface area (Å²) in [5.41, 5.74) is 6.33. The number of benzene rings is 1. The Morgan fingerprint density at radius 3 is 3.00 bits per heavy atom. The van der Waals surface area contributed by atoms with Crippen molar-refractivity contribution in [3.05, 3.63) is 66.5 Å². The first-order valence-electron chi connectivity index (χ1n) is 11.8. The summed E-state index contributed by atoms with van der Waals surface area (Å²) in [6.45, 7) is 7.45. The van der Waals surface area contributed by atoms with E-state index >= 15 is 0 Å². The van der Waals surface area contributed by atoms with Crippen molar-refractivity contribution >= 4 is 28.5 Å². The lowest BCUT2D eigenvalue weighted by molar-refractivity contribution is -0.111. The van der Waals surface area contributed by atoms with Crippen LogP contribution < -0.4 is 15.5 Å². The molecule has 3 aromatic rings. The fourth-order valence-electron chi connectivity index (χ4n) is 4.71. The Morgan fingerprint density at radius 1 is 1.33 bits per heavy atom. The van der Waals surface area contributed by atoms with Crippen LogP contribution in [0.4, 0.5) is 17.1 Å². The zero-order valence-corrected chi connectivity index (χ0v) is 19.3. The molecule has 2 aromatic heterocycles. The number of aliphatic hydroxyl groups is 1. The third-order valence-electron chi connectivity index (χ3n) is 6.37. The maximum atomic E-state index is 11.7. The molecule has 7 nitrogen and oxygen atoms in total. The van der Waals surface area contributed by atoms with E-state index in [9.17, 15) is 9.90 Å². The minimum Gasteiger partial charge on any atom is -0.396 e. The Morgan fingerprint density at radius 2 is 2.21 bits per heavy atom. The first kappa shape index (κ1) is 22.9. The Hall–Kier alpha value is -3.32. The van der Waals surface area contributed by atoms with Gasteiger partial charge >= 0.3 is 0 Å². The van der Waals surface area contributed by atoms with E-state index in [0.717, 1.165) is 60.4 Å². The van der Waals surface area contributed by atoms with E-state index in [-0.39, 0.29) is 12.5 Å². The molecule has 1 aromatic carbocycles. The molecular weight excluding hydrogens is 414 g/mol. The molecule has 7 heteroatoms. The smallest absolute Gasteiger partial charge is 0.247 e. The van der Waals surface area contributed by atoms with Gasteiger partial charge in [0.2, 0.25) is 5.91 Å². The lowest BCUT2D eigenvalue weighted by atomic mass is 9.98. The Kier molecular flexibility index (Phi) is 7.29. The van der Waals surface area contributed by atoms with Crippen molar-refractivity contribution < 1.29 is 9.90 Å². The van der Waals surface area contributed by atoms with Crippen molar-refractivity contribution in [3.63, 3.8) is 0 Å². The number of anilines is 3. The number of hydrogen-bond acceptors (Lipinski definition) is 5. The van der Waals surface area contributed by atoms with Gasteiger partial charge in [-0.15, -0.1) is 0 Å². The number of carbonyl (C=O) groups excluding carboxylic acids is 1. The van der Waals surface area contributed by atoms with E-state index in [0.29, 0.717) is 12.6 Å². The van der Waals surface area contributed by atoms with Crippen molar-refractivity contribution in [2.75, 3.05) is 28.7 Å². The van der Waals surface area contributed by atoms with E-state index in [1.54, 1.807) is 0 Å². The van der Waals surface area contributed by atoms with Crippen molar-refractivity contribution in [2.45, 2.75) is 51.6 Å². The fraction of sp³-hybridized carbons (Fsp3) is 0.385. The van der Waals surface area contributed by atoms with Crippen LogP contribution in [0.3, 0.4) is 0 Å². The lowest BCUT2D eigenvalue weighted by Gasteiger charge is -2.38. The number of fused-ring (bicyclic) bond motifs is 1. The summed E-state index contributed by atoms with van der Waals surface area (Å²) < 4.78 is 1.94. The van der Waals surface area contributed by atoms with E-state index in [1.165, 1.54) is 18.1 Å². The highest BCUT2D eigenvalue weighted by atomic mass is 16.3. The average molecular weight is 448 g/mol. The van der Waals surface area contributed by atoms with Gasteiger partial charge < -0.3 is 20.6 Å². The summed E-state index contributed by atoms with van der Waals surface area (Å²) in [4.78, 5) is 14.1. The molecule has 1 amide bonds. The van der Waals surface area contributed by atoms with Gasteiger partial charge in [-0.3, -0.25) is 4.79 Å². The second-order valence-electron chi connectivity index (χ2n) is 8.50. The molecule has 3 heterocycles. The molecule has 174 valence electrons. The predicted octanol–water partition coefficient (Wildman–Crippen LogP) is 4.37. The van der Waals surface area contributed by atoms with Crippen LogP contribution >= 0.6 is 0 Å². The van der Waals surface area contributed by atoms with Crippen LogP contribution in [0.5, 0.6) is 0 Å².